The van der Waals surface area contributed by atoms with Gasteiger partial charge >= 0.3 is 5.97 Å². The first-order valence-electron chi connectivity index (χ1n) is 7.58. The van der Waals surface area contributed by atoms with Crippen LogP contribution >= 0.6 is 11.6 Å². The number of carbonyl (C=O) groups is 1. The Morgan fingerprint density at radius 1 is 1.32 bits per heavy atom. The number of hydrogen-bond acceptors (Lipinski definition) is 4. The number of ether oxygens (including phenoxy) is 1. The molecule has 0 spiro atoms. The van der Waals surface area contributed by atoms with Crippen molar-refractivity contribution in [1.82, 2.24) is 4.90 Å². The van der Waals surface area contributed by atoms with Crippen LogP contribution in [-0.4, -0.2) is 55.8 Å². The number of carboxylic acid groups (broad SMARTS) is 1. The molecule has 0 bridgehead atoms. The first-order valence-corrected chi connectivity index (χ1v) is 7.96. The van der Waals surface area contributed by atoms with E-state index in [1.165, 1.54) is 0 Å². The van der Waals surface area contributed by atoms with Crippen molar-refractivity contribution in [2.75, 3.05) is 44.7 Å². The van der Waals surface area contributed by atoms with E-state index in [9.17, 15) is 9.90 Å². The average Bonchev–Trinajstić information content (AvgIpc) is 3.30. The third kappa shape index (κ3) is 3.01. The number of halogens is 1. The minimum absolute atomic E-state index is 0.476. The van der Waals surface area contributed by atoms with Crippen molar-refractivity contribution in [1.29, 1.82) is 0 Å². The smallest absolute Gasteiger partial charge is 0.310 e. The summed E-state index contributed by atoms with van der Waals surface area (Å²) in [6.45, 7) is 4.10. The van der Waals surface area contributed by atoms with Crippen LogP contribution in [0.15, 0.2) is 18.2 Å². The topological polar surface area (TPSA) is 53.0 Å². The van der Waals surface area contributed by atoms with E-state index in [1.54, 1.807) is 7.11 Å². The zero-order chi connectivity index (χ0) is 15.7. The minimum Gasteiger partial charge on any atom is -0.497 e. The first-order chi connectivity index (χ1) is 10.5. The highest BCUT2D eigenvalue weighted by Crippen LogP contribution is 2.46. The molecule has 1 heterocycles. The number of anilines is 1. The molecule has 6 heteroatoms. The van der Waals surface area contributed by atoms with Gasteiger partial charge < -0.3 is 14.7 Å². The van der Waals surface area contributed by atoms with Crippen LogP contribution < -0.4 is 9.64 Å². The Balaban J connectivity index is 1.61. The number of carboxylic acids is 1. The predicted octanol–water partition coefficient (Wildman–Crippen LogP) is 2.34. The van der Waals surface area contributed by atoms with E-state index in [0.717, 1.165) is 55.5 Å². The van der Waals surface area contributed by atoms with Gasteiger partial charge in [-0.25, -0.2) is 0 Å². The minimum atomic E-state index is -0.647. The largest absolute Gasteiger partial charge is 0.497 e. The van der Waals surface area contributed by atoms with Gasteiger partial charge in [0.05, 0.1) is 23.2 Å². The van der Waals surface area contributed by atoms with Gasteiger partial charge in [0, 0.05) is 38.8 Å². The molecule has 2 fully saturated rings. The van der Waals surface area contributed by atoms with Gasteiger partial charge in [-0.1, -0.05) is 11.6 Å². The van der Waals surface area contributed by atoms with Crippen LogP contribution in [0, 0.1) is 5.41 Å². The van der Waals surface area contributed by atoms with E-state index < -0.39 is 11.4 Å². The molecule has 3 rings (SSSR count). The predicted molar refractivity (Wildman–Crippen MR) is 86.0 cm³/mol. The molecule has 0 amide bonds. The zero-order valence-electron chi connectivity index (χ0n) is 12.7. The summed E-state index contributed by atoms with van der Waals surface area (Å²) in [6.07, 6.45) is 1.62. The molecule has 1 aliphatic carbocycles. The van der Waals surface area contributed by atoms with Gasteiger partial charge in [0.25, 0.3) is 0 Å². The van der Waals surface area contributed by atoms with Gasteiger partial charge in [-0.15, -0.1) is 0 Å². The normalized spacial score (nSPS) is 20.7. The van der Waals surface area contributed by atoms with Crippen molar-refractivity contribution in [3.63, 3.8) is 0 Å². The fourth-order valence-corrected chi connectivity index (χ4v) is 3.26. The van der Waals surface area contributed by atoms with E-state index in [-0.39, 0.29) is 0 Å². The molecule has 0 atom stereocenters. The van der Waals surface area contributed by atoms with Crippen LogP contribution in [-0.2, 0) is 4.79 Å². The maximum atomic E-state index is 11.3. The standard InChI is InChI=1S/C16H21ClN2O3/c1-22-12-2-3-13(17)14(10-12)19-8-6-18(7-9-19)11-16(4-5-16)15(20)21/h2-3,10H,4-9,11H2,1H3,(H,20,21). The van der Waals surface area contributed by atoms with Gasteiger partial charge in [0.1, 0.15) is 5.75 Å². The highest BCUT2D eigenvalue weighted by atomic mass is 35.5. The van der Waals surface area contributed by atoms with Crippen molar-refractivity contribution in [3.05, 3.63) is 23.2 Å². The Morgan fingerprint density at radius 2 is 2.00 bits per heavy atom. The third-order valence-electron chi connectivity index (χ3n) is 4.70. The maximum Gasteiger partial charge on any atom is 0.310 e. The molecule has 1 saturated carbocycles. The maximum absolute atomic E-state index is 11.3. The SMILES string of the molecule is COc1ccc(Cl)c(N2CCN(CC3(C(=O)O)CC3)CC2)c1. The molecule has 1 aromatic rings. The third-order valence-corrected chi connectivity index (χ3v) is 5.02. The Hall–Kier alpha value is -1.46. The van der Waals surface area contributed by atoms with Crippen molar-refractivity contribution >= 4 is 23.3 Å². The lowest BCUT2D eigenvalue weighted by atomic mass is 10.1. The lowest BCUT2D eigenvalue weighted by molar-refractivity contribution is -0.144. The molecule has 1 saturated heterocycles. The summed E-state index contributed by atoms with van der Waals surface area (Å²) in [4.78, 5) is 15.8. The summed E-state index contributed by atoms with van der Waals surface area (Å²) in [7, 11) is 1.64. The molecule has 5 nitrogen and oxygen atoms in total. The number of hydrogen-bond donors (Lipinski definition) is 1. The summed E-state index contributed by atoms with van der Waals surface area (Å²) in [6, 6.07) is 5.66. The summed E-state index contributed by atoms with van der Waals surface area (Å²) in [5.41, 5.74) is 0.510. The van der Waals surface area contributed by atoms with Crippen LogP contribution in [0.3, 0.4) is 0 Å². The number of nitrogens with zero attached hydrogens (tertiary/aromatic N) is 2. The second kappa shape index (κ2) is 5.97. The fraction of sp³-hybridized carbons (Fsp3) is 0.562. The number of piperazine rings is 1. The van der Waals surface area contributed by atoms with E-state index in [1.807, 2.05) is 18.2 Å². The molecule has 1 aliphatic heterocycles. The van der Waals surface area contributed by atoms with E-state index in [4.69, 9.17) is 16.3 Å². The monoisotopic (exact) mass is 324 g/mol. The lowest BCUT2D eigenvalue weighted by Gasteiger charge is -2.37. The van der Waals surface area contributed by atoms with Crippen molar-refractivity contribution < 1.29 is 14.6 Å². The Morgan fingerprint density at radius 3 is 2.55 bits per heavy atom. The molecule has 120 valence electrons. The number of aliphatic carboxylic acids is 1. The second-order valence-electron chi connectivity index (χ2n) is 6.17. The molecule has 1 N–H and O–H groups in total. The first kappa shape index (κ1) is 15.4. The highest BCUT2D eigenvalue weighted by Gasteiger charge is 2.51. The molecule has 0 unspecified atom stereocenters. The van der Waals surface area contributed by atoms with Crippen LogP contribution in [0.2, 0.25) is 5.02 Å². The van der Waals surface area contributed by atoms with Crippen LogP contribution in [0.1, 0.15) is 12.8 Å². The van der Waals surface area contributed by atoms with Crippen LogP contribution in [0.5, 0.6) is 5.75 Å². The molecular weight excluding hydrogens is 304 g/mol. The Kier molecular flexibility index (Phi) is 4.19. The molecule has 1 aromatic carbocycles. The van der Waals surface area contributed by atoms with E-state index in [0.29, 0.717) is 6.54 Å². The van der Waals surface area contributed by atoms with Crippen molar-refractivity contribution in [3.8, 4) is 5.75 Å². The fourth-order valence-electron chi connectivity index (χ4n) is 3.03. The number of methoxy groups -OCH3 is 1. The van der Waals surface area contributed by atoms with Crippen LogP contribution in [0.4, 0.5) is 5.69 Å². The van der Waals surface area contributed by atoms with Crippen LogP contribution in [0.25, 0.3) is 0 Å². The Bertz CT molecular complexity index is 567. The molecule has 0 radical (unpaired) electrons. The molecular formula is C16H21ClN2O3. The summed E-state index contributed by atoms with van der Waals surface area (Å²) < 4.78 is 5.26. The molecule has 22 heavy (non-hydrogen) atoms. The average molecular weight is 325 g/mol. The van der Waals surface area contributed by atoms with Crippen molar-refractivity contribution in [2.24, 2.45) is 5.41 Å². The highest BCUT2D eigenvalue weighted by molar-refractivity contribution is 6.33. The van der Waals surface area contributed by atoms with E-state index >= 15 is 0 Å². The lowest BCUT2D eigenvalue weighted by Crippen LogP contribution is -2.49. The van der Waals surface area contributed by atoms with Gasteiger partial charge in [-0.3, -0.25) is 9.69 Å². The van der Waals surface area contributed by atoms with Gasteiger partial charge in [0.2, 0.25) is 0 Å². The van der Waals surface area contributed by atoms with Gasteiger partial charge in [0.15, 0.2) is 0 Å². The van der Waals surface area contributed by atoms with Gasteiger partial charge in [-0.05, 0) is 25.0 Å². The summed E-state index contributed by atoms with van der Waals surface area (Å²) in [5, 5.41) is 10.0. The quantitative estimate of drug-likeness (QED) is 0.901. The summed E-state index contributed by atoms with van der Waals surface area (Å²) >= 11 is 6.29. The van der Waals surface area contributed by atoms with Crippen molar-refractivity contribution in [2.45, 2.75) is 12.8 Å². The van der Waals surface area contributed by atoms with E-state index in [2.05, 4.69) is 9.80 Å². The zero-order valence-corrected chi connectivity index (χ0v) is 13.5. The number of benzene rings is 1. The number of rotatable bonds is 5. The molecule has 2 aliphatic rings. The van der Waals surface area contributed by atoms with Gasteiger partial charge in [-0.2, -0.15) is 0 Å². The second-order valence-corrected chi connectivity index (χ2v) is 6.57. The Labute approximate surface area is 135 Å². The summed E-state index contributed by atoms with van der Waals surface area (Å²) in [5.74, 6) is 0.149. The molecule has 0 aromatic heterocycles.